The summed E-state index contributed by atoms with van der Waals surface area (Å²) >= 11 is 6.17. The quantitative estimate of drug-likeness (QED) is 0.781. The van der Waals surface area contributed by atoms with E-state index in [1.165, 1.54) is 6.08 Å². The maximum absolute atomic E-state index is 11.7. The number of hydrogen-bond donors (Lipinski definition) is 1. The molecule has 1 unspecified atom stereocenters. The van der Waals surface area contributed by atoms with Gasteiger partial charge in [-0.25, -0.2) is 0 Å². The molecular formula is C16H22ClNO3. The van der Waals surface area contributed by atoms with Gasteiger partial charge in [0.2, 0.25) is 5.91 Å². The molecule has 5 heteroatoms. The summed E-state index contributed by atoms with van der Waals surface area (Å²) in [6, 6.07) is 3.67. The van der Waals surface area contributed by atoms with Crippen LogP contribution in [0.1, 0.15) is 32.8 Å². The molecule has 0 aliphatic carbocycles. The van der Waals surface area contributed by atoms with Gasteiger partial charge in [-0.05, 0) is 44.0 Å². The highest BCUT2D eigenvalue weighted by atomic mass is 35.5. The molecule has 0 aliphatic rings. The molecule has 0 aliphatic heterocycles. The van der Waals surface area contributed by atoms with Gasteiger partial charge in [0.15, 0.2) is 11.5 Å². The minimum Gasteiger partial charge on any atom is -0.493 e. The molecular weight excluding hydrogens is 290 g/mol. The lowest BCUT2D eigenvalue weighted by Gasteiger charge is -2.12. The van der Waals surface area contributed by atoms with E-state index in [4.69, 9.17) is 21.1 Å². The summed E-state index contributed by atoms with van der Waals surface area (Å²) in [7, 11) is 1.55. The Morgan fingerprint density at radius 3 is 2.71 bits per heavy atom. The van der Waals surface area contributed by atoms with E-state index in [2.05, 4.69) is 5.32 Å². The summed E-state index contributed by atoms with van der Waals surface area (Å²) in [4.78, 5) is 11.7. The van der Waals surface area contributed by atoms with Crippen molar-refractivity contribution >= 4 is 23.6 Å². The fraction of sp³-hybridized carbons (Fsp3) is 0.438. The molecule has 0 bridgehead atoms. The predicted molar refractivity (Wildman–Crippen MR) is 86.1 cm³/mol. The van der Waals surface area contributed by atoms with E-state index >= 15 is 0 Å². The molecule has 0 aromatic heterocycles. The summed E-state index contributed by atoms with van der Waals surface area (Å²) in [5, 5.41) is 3.32. The Bertz CT molecular complexity index is 514. The second-order valence-corrected chi connectivity index (χ2v) is 5.03. The second-order valence-electron chi connectivity index (χ2n) is 4.62. The third kappa shape index (κ3) is 5.31. The standard InChI is InChI=1S/C16H22ClNO3/c1-5-11(3)18-15(19)8-7-12-9-13(17)16(21-6-2)14(10-12)20-4/h7-11H,5-6H2,1-4H3,(H,18,19)/b8-7+. The van der Waals surface area contributed by atoms with Crippen LogP contribution in [0.4, 0.5) is 0 Å². The Balaban J connectivity index is 2.89. The number of methoxy groups -OCH3 is 1. The van der Waals surface area contributed by atoms with Gasteiger partial charge in [-0.15, -0.1) is 0 Å². The van der Waals surface area contributed by atoms with Gasteiger partial charge in [0.1, 0.15) is 0 Å². The van der Waals surface area contributed by atoms with Crippen LogP contribution in [0.5, 0.6) is 11.5 Å². The number of halogens is 1. The average molecular weight is 312 g/mol. The lowest BCUT2D eigenvalue weighted by Crippen LogP contribution is -2.30. The number of nitrogens with one attached hydrogen (secondary N) is 1. The zero-order valence-electron chi connectivity index (χ0n) is 12.9. The lowest BCUT2D eigenvalue weighted by atomic mass is 10.1. The summed E-state index contributed by atoms with van der Waals surface area (Å²) in [6.07, 6.45) is 4.07. The molecule has 0 saturated heterocycles. The van der Waals surface area contributed by atoms with Gasteiger partial charge in [0.25, 0.3) is 0 Å². The van der Waals surface area contributed by atoms with Gasteiger partial charge in [0, 0.05) is 12.1 Å². The molecule has 1 atom stereocenters. The van der Waals surface area contributed by atoms with Crippen LogP contribution in [-0.4, -0.2) is 25.7 Å². The van der Waals surface area contributed by atoms with Crippen molar-refractivity contribution in [1.82, 2.24) is 5.32 Å². The maximum atomic E-state index is 11.7. The Morgan fingerprint density at radius 1 is 1.43 bits per heavy atom. The third-order valence-electron chi connectivity index (χ3n) is 2.97. The van der Waals surface area contributed by atoms with Crippen molar-refractivity contribution in [3.05, 3.63) is 28.8 Å². The van der Waals surface area contributed by atoms with E-state index in [9.17, 15) is 4.79 Å². The van der Waals surface area contributed by atoms with Crippen LogP contribution in [0.25, 0.3) is 6.08 Å². The van der Waals surface area contributed by atoms with Crippen molar-refractivity contribution in [3.8, 4) is 11.5 Å². The number of benzene rings is 1. The number of rotatable bonds is 7. The van der Waals surface area contributed by atoms with Gasteiger partial charge in [-0.1, -0.05) is 18.5 Å². The number of amides is 1. The van der Waals surface area contributed by atoms with Crippen LogP contribution < -0.4 is 14.8 Å². The zero-order chi connectivity index (χ0) is 15.8. The number of carbonyl (C=O) groups excluding carboxylic acids is 1. The van der Waals surface area contributed by atoms with Crippen LogP contribution in [0.3, 0.4) is 0 Å². The van der Waals surface area contributed by atoms with Crippen LogP contribution in [-0.2, 0) is 4.79 Å². The SMILES string of the molecule is CCOc1c(Cl)cc(/C=C/C(=O)NC(C)CC)cc1OC. The highest BCUT2D eigenvalue weighted by Gasteiger charge is 2.10. The van der Waals surface area contributed by atoms with Crippen molar-refractivity contribution < 1.29 is 14.3 Å². The van der Waals surface area contributed by atoms with E-state index in [1.807, 2.05) is 20.8 Å². The molecule has 0 radical (unpaired) electrons. The van der Waals surface area contributed by atoms with Crippen LogP contribution in [0.15, 0.2) is 18.2 Å². The van der Waals surface area contributed by atoms with Gasteiger partial charge in [0.05, 0.1) is 18.7 Å². The molecule has 0 spiro atoms. The van der Waals surface area contributed by atoms with Crippen molar-refractivity contribution in [2.75, 3.05) is 13.7 Å². The van der Waals surface area contributed by atoms with Crippen molar-refractivity contribution in [3.63, 3.8) is 0 Å². The van der Waals surface area contributed by atoms with Crippen LogP contribution in [0, 0.1) is 0 Å². The smallest absolute Gasteiger partial charge is 0.244 e. The van der Waals surface area contributed by atoms with E-state index in [0.717, 1.165) is 12.0 Å². The van der Waals surface area contributed by atoms with Gasteiger partial charge in [-0.2, -0.15) is 0 Å². The molecule has 1 N–H and O–H groups in total. The first kappa shape index (κ1) is 17.4. The number of carbonyl (C=O) groups is 1. The first-order chi connectivity index (χ1) is 10.0. The fourth-order valence-corrected chi connectivity index (χ4v) is 1.96. The summed E-state index contributed by atoms with van der Waals surface area (Å²) in [5.74, 6) is 0.933. The molecule has 0 saturated carbocycles. The second kappa shape index (κ2) is 8.57. The molecule has 4 nitrogen and oxygen atoms in total. The summed E-state index contributed by atoms with van der Waals surface area (Å²) in [6.45, 7) is 6.36. The molecule has 0 heterocycles. The first-order valence-corrected chi connectivity index (χ1v) is 7.38. The molecule has 1 rings (SSSR count). The highest BCUT2D eigenvalue weighted by molar-refractivity contribution is 6.32. The molecule has 1 aromatic rings. The third-order valence-corrected chi connectivity index (χ3v) is 3.25. The van der Waals surface area contributed by atoms with Gasteiger partial charge in [-0.3, -0.25) is 4.79 Å². The van der Waals surface area contributed by atoms with Crippen molar-refractivity contribution in [1.29, 1.82) is 0 Å². The Labute approximate surface area is 131 Å². The predicted octanol–water partition coefficient (Wildman–Crippen LogP) is 3.68. The monoisotopic (exact) mass is 311 g/mol. The molecule has 1 amide bonds. The minimum absolute atomic E-state index is 0.131. The molecule has 0 fully saturated rings. The summed E-state index contributed by atoms with van der Waals surface area (Å²) < 4.78 is 10.7. The molecule has 1 aromatic carbocycles. The maximum Gasteiger partial charge on any atom is 0.244 e. The Kier molecular flexibility index (Phi) is 7.09. The molecule has 116 valence electrons. The normalized spacial score (nSPS) is 12.2. The average Bonchev–Trinajstić information content (AvgIpc) is 2.47. The van der Waals surface area contributed by atoms with E-state index in [1.54, 1.807) is 25.3 Å². The Morgan fingerprint density at radius 2 is 2.14 bits per heavy atom. The van der Waals surface area contributed by atoms with E-state index < -0.39 is 0 Å². The highest BCUT2D eigenvalue weighted by Crippen LogP contribution is 2.36. The minimum atomic E-state index is -0.131. The fourth-order valence-electron chi connectivity index (χ4n) is 1.69. The largest absolute Gasteiger partial charge is 0.493 e. The first-order valence-electron chi connectivity index (χ1n) is 7.00. The van der Waals surface area contributed by atoms with Crippen LogP contribution in [0.2, 0.25) is 5.02 Å². The Hall–Kier alpha value is -1.68. The van der Waals surface area contributed by atoms with E-state index in [-0.39, 0.29) is 11.9 Å². The number of ether oxygens (including phenoxy) is 2. The lowest BCUT2D eigenvalue weighted by molar-refractivity contribution is -0.117. The van der Waals surface area contributed by atoms with Crippen molar-refractivity contribution in [2.24, 2.45) is 0 Å². The van der Waals surface area contributed by atoms with Gasteiger partial charge >= 0.3 is 0 Å². The van der Waals surface area contributed by atoms with Crippen LogP contribution >= 0.6 is 11.6 Å². The van der Waals surface area contributed by atoms with E-state index in [0.29, 0.717) is 23.1 Å². The summed E-state index contributed by atoms with van der Waals surface area (Å²) in [5.41, 5.74) is 0.777. The van der Waals surface area contributed by atoms with Gasteiger partial charge < -0.3 is 14.8 Å². The zero-order valence-corrected chi connectivity index (χ0v) is 13.7. The molecule has 21 heavy (non-hydrogen) atoms. The van der Waals surface area contributed by atoms with Crippen molar-refractivity contribution in [2.45, 2.75) is 33.2 Å². The topological polar surface area (TPSA) is 47.6 Å². The number of hydrogen-bond acceptors (Lipinski definition) is 3.